The minimum atomic E-state index is -0.254. The predicted octanol–water partition coefficient (Wildman–Crippen LogP) is 3.56. The number of urea groups is 1. The average Bonchev–Trinajstić information content (AvgIpc) is 2.52. The molecule has 2 rings (SSSR count). The first-order valence-electron chi connectivity index (χ1n) is 9.36. The molecule has 1 aromatic rings. The molecule has 0 radical (unpaired) electrons. The molecule has 1 saturated heterocycles. The zero-order valence-corrected chi connectivity index (χ0v) is 17.3. The van der Waals surface area contributed by atoms with Gasteiger partial charge >= 0.3 is 6.03 Å². The fourth-order valence-electron chi connectivity index (χ4n) is 3.05. The van der Waals surface area contributed by atoms with Gasteiger partial charge in [-0.25, -0.2) is 4.79 Å². The second kappa shape index (κ2) is 7.29. The number of aryl methyl sites for hydroxylation is 1. The average molecular weight is 360 g/mol. The van der Waals surface area contributed by atoms with E-state index in [9.17, 15) is 9.59 Å². The maximum Gasteiger partial charge on any atom is 0.317 e. The molecule has 0 atom stereocenters. The number of carbonyl (C=O) groups excluding carboxylic acids is 2. The molecule has 3 amide bonds. The maximum atomic E-state index is 12.9. The Balaban J connectivity index is 2.01. The summed E-state index contributed by atoms with van der Waals surface area (Å²) in [5, 5.41) is 2.98. The third-order valence-corrected chi connectivity index (χ3v) is 4.66. The van der Waals surface area contributed by atoms with Crippen molar-refractivity contribution < 1.29 is 9.59 Å². The number of piperazine rings is 1. The minimum absolute atomic E-state index is 0.0545. The smallest absolute Gasteiger partial charge is 0.317 e. The van der Waals surface area contributed by atoms with Crippen molar-refractivity contribution in [2.45, 2.75) is 59.4 Å². The van der Waals surface area contributed by atoms with Crippen LogP contribution in [0.3, 0.4) is 0 Å². The lowest BCUT2D eigenvalue weighted by Crippen LogP contribution is -2.56. The number of hydrogen-bond donors (Lipinski definition) is 1. The molecule has 0 aromatic heterocycles. The topological polar surface area (TPSA) is 52.7 Å². The fourth-order valence-corrected chi connectivity index (χ4v) is 3.05. The molecule has 1 aromatic carbocycles. The number of nitrogens with one attached hydrogen (secondary N) is 1. The van der Waals surface area contributed by atoms with Crippen LogP contribution in [0.15, 0.2) is 18.2 Å². The highest BCUT2D eigenvalue weighted by molar-refractivity contribution is 5.96. The van der Waals surface area contributed by atoms with Crippen molar-refractivity contribution in [3.05, 3.63) is 34.9 Å². The van der Waals surface area contributed by atoms with Crippen LogP contribution < -0.4 is 5.32 Å². The van der Waals surface area contributed by atoms with E-state index in [0.29, 0.717) is 26.2 Å². The third kappa shape index (κ3) is 4.99. The van der Waals surface area contributed by atoms with E-state index in [1.165, 1.54) is 5.56 Å². The van der Waals surface area contributed by atoms with Crippen LogP contribution in [0.4, 0.5) is 4.79 Å². The first-order chi connectivity index (χ1) is 11.9. The molecule has 1 heterocycles. The molecule has 0 spiro atoms. The van der Waals surface area contributed by atoms with Crippen LogP contribution in [0.5, 0.6) is 0 Å². The Hall–Kier alpha value is -2.04. The Labute approximate surface area is 157 Å². The van der Waals surface area contributed by atoms with E-state index >= 15 is 0 Å². The van der Waals surface area contributed by atoms with Gasteiger partial charge in [-0.1, -0.05) is 32.9 Å². The molecule has 5 heteroatoms. The molecule has 1 fully saturated rings. The summed E-state index contributed by atoms with van der Waals surface area (Å²) in [6.07, 6.45) is 0. The Morgan fingerprint density at radius 2 is 1.46 bits per heavy atom. The van der Waals surface area contributed by atoms with Crippen LogP contribution in [0.25, 0.3) is 0 Å². The van der Waals surface area contributed by atoms with Gasteiger partial charge in [0.2, 0.25) is 0 Å². The summed E-state index contributed by atoms with van der Waals surface area (Å²) in [6.45, 7) is 16.7. The van der Waals surface area contributed by atoms with Gasteiger partial charge in [-0.3, -0.25) is 4.79 Å². The van der Waals surface area contributed by atoms with Gasteiger partial charge in [0.1, 0.15) is 0 Å². The molecule has 0 saturated carbocycles. The van der Waals surface area contributed by atoms with E-state index < -0.39 is 0 Å². The third-order valence-electron chi connectivity index (χ3n) is 4.66. The Morgan fingerprint density at radius 1 is 0.923 bits per heavy atom. The van der Waals surface area contributed by atoms with Crippen molar-refractivity contribution in [2.24, 2.45) is 0 Å². The summed E-state index contributed by atoms with van der Waals surface area (Å²) in [5.74, 6) is 0.0545. The highest BCUT2D eigenvalue weighted by Gasteiger charge is 2.27. The van der Waals surface area contributed by atoms with E-state index in [4.69, 9.17) is 0 Å². The van der Waals surface area contributed by atoms with Crippen LogP contribution in [-0.4, -0.2) is 53.5 Å². The van der Waals surface area contributed by atoms with Crippen molar-refractivity contribution in [1.82, 2.24) is 15.1 Å². The number of benzene rings is 1. The van der Waals surface area contributed by atoms with Gasteiger partial charge in [0.25, 0.3) is 5.91 Å². The van der Waals surface area contributed by atoms with Gasteiger partial charge in [0.15, 0.2) is 0 Å². The lowest BCUT2D eigenvalue weighted by atomic mass is 9.85. The standard InChI is InChI=1S/C21H33N3O2/c1-15-14-16(20(2,3)4)8-9-17(15)18(25)23-10-12-24(13-11-23)19(26)22-21(5,6)7/h8-9,14H,10-13H2,1-7H3,(H,22,26). The van der Waals surface area contributed by atoms with Gasteiger partial charge in [-0.15, -0.1) is 0 Å². The molecule has 1 aliphatic rings. The summed E-state index contributed by atoms with van der Waals surface area (Å²) in [5.41, 5.74) is 2.81. The quantitative estimate of drug-likeness (QED) is 0.833. The normalized spacial score (nSPS) is 15.8. The van der Waals surface area contributed by atoms with Crippen LogP contribution in [0.1, 0.15) is 63.0 Å². The zero-order valence-electron chi connectivity index (χ0n) is 17.3. The number of carbonyl (C=O) groups is 2. The molecule has 0 aliphatic carbocycles. The second-order valence-electron chi connectivity index (χ2n) is 9.24. The number of hydrogen-bond acceptors (Lipinski definition) is 2. The van der Waals surface area contributed by atoms with E-state index in [1.807, 2.05) is 44.7 Å². The highest BCUT2D eigenvalue weighted by Crippen LogP contribution is 2.25. The summed E-state index contributed by atoms with van der Waals surface area (Å²) >= 11 is 0. The van der Waals surface area contributed by atoms with Crippen LogP contribution in [0, 0.1) is 6.92 Å². The van der Waals surface area contributed by atoms with Crippen molar-refractivity contribution in [2.75, 3.05) is 26.2 Å². The zero-order chi connectivity index (χ0) is 19.7. The number of rotatable bonds is 1. The van der Waals surface area contributed by atoms with Crippen molar-refractivity contribution in [1.29, 1.82) is 0 Å². The maximum absolute atomic E-state index is 12.9. The van der Waals surface area contributed by atoms with Crippen molar-refractivity contribution in [3.63, 3.8) is 0 Å². The van der Waals surface area contributed by atoms with Gasteiger partial charge < -0.3 is 15.1 Å². The molecular weight excluding hydrogens is 326 g/mol. The predicted molar refractivity (Wildman–Crippen MR) is 106 cm³/mol. The molecule has 0 bridgehead atoms. The lowest BCUT2D eigenvalue weighted by molar-refractivity contribution is 0.0660. The lowest BCUT2D eigenvalue weighted by Gasteiger charge is -2.36. The molecular formula is C21H33N3O2. The van der Waals surface area contributed by atoms with Gasteiger partial charge in [-0.05, 0) is 50.3 Å². The van der Waals surface area contributed by atoms with Gasteiger partial charge in [0.05, 0.1) is 0 Å². The summed E-state index contributed by atoms with van der Waals surface area (Å²) in [6, 6.07) is 6.04. The molecule has 1 N–H and O–H groups in total. The van der Waals surface area contributed by atoms with E-state index in [2.05, 4.69) is 32.2 Å². The SMILES string of the molecule is Cc1cc(C(C)(C)C)ccc1C(=O)N1CCN(C(=O)NC(C)(C)C)CC1. The molecule has 5 nitrogen and oxygen atoms in total. The van der Waals surface area contributed by atoms with Crippen LogP contribution >= 0.6 is 0 Å². The monoisotopic (exact) mass is 359 g/mol. The van der Waals surface area contributed by atoms with Crippen molar-refractivity contribution in [3.8, 4) is 0 Å². The van der Waals surface area contributed by atoms with E-state index in [0.717, 1.165) is 11.1 Å². The number of amides is 3. The minimum Gasteiger partial charge on any atom is -0.335 e. The number of nitrogens with zero attached hydrogens (tertiary/aromatic N) is 2. The van der Waals surface area contributed by atoms with Crippen LogP contribution in [-0.2, 0) is 5.41 Å². The van der Waals surface area contributed by atoms with E-state index in [-0.39, 0.29) is 22.9 Å². The second-order valence-corrected chi connectivity index (χ2v) is 9.24. The molecule has 26 heavy (non-hydrogen) atoms. The fraction of sp³-hybridized carbons (Fsp3) is 0.619. The summed E-state index contributed by atoms with van der Waals surface area (Å²) < 4.78 is 0. The van der Waals surface area contributed by atoms with Gasteiger partial charge in [-0.2, -0.15) is 0 Å². The van der Waals surface area contributed by atoms with Crippen molar-refractivity contribution >= 4 is 11.9 Å². The first kappa shape index (κ1) is 20.3. The molecule has 144 valence electrons. The Kier molecular flexibility index (Phi) is 5.69. The first-order valence-corrected chi connectivity index (χ1v) is 9.36. The summed E-state index contributed by atoms with van der Waals surface area (Å²) in [7, 11) is 0. The molecule has 1 aliphatic heterocycles. The highest BCUT2D eigenvalue weighted by atomic mass is 16.2. The largest absolute Gasteiger partial charge is 0.335 e. The molecule has 0 unspecified atom stereocenters. The van der Waals surface area contributed by atoms with Crippen LogP contribution in [0.2, 0.25) is 0 Å². The van der Waals surface area contributed by atoms with Gasteiger partial charge in [0, 0.05) is 37.3 Å². The Morgan fingerprint density at radius 3 is 1.92 bits per heavy atom. The van der Waals surface area contributed by atoms with E-state index in [1.54, 1.807) is 4.90 Å². The summed E-state index contributed by atoms with van der Waals surface area (Å²) in [4.78, 5) is 28.8. The Bertz CT molecular complexity index is 675.